The minimum Gasteiger partial charge on any atom is -0.411 e. The van der Waals surface area contributed by atoms with E-state index in [1.54, 1.807) is 0 Å². The molecule has 0 bridgehead atoms. The molecule has 1 saturated heterocycles. The van der Waals surface area contributed by atoms with Crippen molar-refractivity contribution in [3.63, 3.8) is 0 Å². The highest BCUT2D eigenvalue weighted by atomic mass is 79.9. The molecule has 1 amide bonds. The van der Waals surface area contributed by atoms with Gasteiger partial charge in [0.25, 0.3) is 0 Å². The normalized spacial score (nSPS) is 25.7. The number of rotatable bonds is 6. The lowest BCUT2D eigenvalue weighted by Crippen LogP contribution is -2.66. The van der Waals surface area contributed by atoms with Crippen molar-refractivity contribution in [1.82, 2.24) is 5.32 Å². The summed E-state index contributed by atoms with van der Waals surface area (Å²) in [6.07, 6.45) is 0.0703. The molecule has 112 valence electrons. The van der Waals surface area contributed by atoms with Crippen LogP contribution in [0.3, 0.4) is 0 Å². The number of alkyl halides is 1. The Kier molecular flexibility index (Phi) is 5.67. The van der Waals surface area contributed by atoms with Crippen molar-refractivity contribution >= 4 is 30.2 Å². The zero-order chi connectivity index (χ0) is 15.0. The molecule has 1 rings (SSSR count). The fraction of sp³-hybridized carbons (Fsp3) is 0.929. The SMILES string of the molecule is CC(C)[Si](O[C@@H](C)[C@H]1NC(=O)[C@@H]1Br)(C(C)C)C(C)C. The van der Waals surface area contributed by atoms with Gasteiger partial charge < -0.3 is 9.74 Å². The number of hydrogen-bond donors (Lipinski definition) is 1. The van der Waals surface area contributed by atoms with E-state index < -0.39 is 8.32 Å². The largest absolute Gasteiger partial charge is 0.411 e. The maximum atomic E-state index is 11.3. The fourth-order valence-electron chi connectivity index (χ4n) is 3.54. The van der Waals surface area contributed by atoms with Gasteiger partial charge in [0, 0.05) is 0 Å². The highest BCUT2D eigenvalue weighted by Gasteiger charge is 2.49. The zero-order valence-electron chi connectivity index (χ0n) is 13.2. The van der Waals surface area contributed by atoms with Crippen molar-refractivity contribution in [3.8, 4) is 0 Å². The van der Waals surface area contributed by atoms with Gasteiger partial charge in [-0.05, 0) is 23.5 Å². The summed E-state index contributed by atoms with van der Waals surface area (Å²) in [6, 6.07) is 0.107. The van der Waals surface area contributed by atoms with E-state index in [9.17, 15) is 4.79 Å². The van der Waals surface area contributed by atoms with E-state index in [0.717, 1.165) is 0 Å². The Bertz CT molecular complexity index is 312. The Morgan fingerprint density at radius 1 is 1.05 bits per heavy atom. The van der Waals surface area contributed by atoms with Crippen molar-refractivity contribution < 1.29 is 9.22 Å². The third-order valence-corrected chi connectivity index (χ3v) is 11.7. The number of β-lactam (4-membered cyclic amide) rings is 1. The van der Waals surface area contributed by atoms with Crippen molar-refractivity contribution in [2.24, 2.45) is 0 Å². The van der Waals surface area contributed by atoms with E-state index in [4.69, 9.17) is 4.43 Å². The molecule has 0 spiro atoms. The summed E-state index contributed by atoms with van der Waals surface area (Å²) in [7, 11) is -1.86. The summed E-state index contributed by atoms with van der Waals surface area (Å²) < 4.78 is 6.64. The summed E-state index contributed by atoms with van der Waals surface area (Å²) >= 11 is 3.43. The molecular weight excluding hydrogens is 322 g/mol. The van der Waals surface area contributed by atoms with Gasteiger partial charge in [-0.1, -0.05) is 57.5 Å². The third kappa shape index (κ3) is 3.08. The monoisotopic (exact) mass is 349 g/mol. The Hall–Kier alpha value is 0.127. The molecule has 5 heteroatoms. The second-order valence-corrected chi connectivity index (χ2v) is 13.0. The predicted octanol–water partition coefficient (Wildman–Crippen LogP) is 3.83. The van der Waals surface area contributed by atoms with E-state index in [0.29, 0.717) is 16.6 Å². The lowest BCUT2D eigenvalue weighted by atomic mass is 10.0. The first-order valence-corrected chi connectivity index (χ1v) is 10.3. The zero-order valence-corrected chi connectivity index (χ0v) is 15.7. The van der Waals surface area contributed by atoms with Gasteiger partial charge in [-0.3, -0.25) is 4.79 Å². The molecule has 1 aliphatic heterocycles. The Labute approximate surface area is 127 Å². The van der Waals surface area contributed by atoms with Crippen LogP contribution in [0.25, 0.3) is 0 Å². The van der Waals surface area contributed by atoms with Crippen molar-refractivity contribution in [2.75, 3.05) is 0 Å². The molecule has 1 heterocycles. The summed E-state index contributed by atoms with van der Waals surface area (Å²) in [5.41, 5.74) is 1.71. The molecule has 19 heavy (non-hydrogen) atoms. The molecule has 0 aromatic heterocycles. The summed E-state index contributed by atoms with van der Waals surface area (Å²) in [5.74, 6) is 0.0753. The first-order chi connectivity index (χ1) is 8.64. The smallest absolute Gasteiger partial charge is 0.236 e. The first-order valence-electron chi connectivity index (χ1n) is 7.26. The van der Waals surface area contributed by atoms with Gasteiger partial charge in [0.1, 0.15) is 4.83 Å². The highest BCUT2D eigenvalue weighted by Crippen LogP contribution is 2.43. The highest BCUT2D eigenvalue weighted by molar-refractivity contribution is 9.10. The van der Waals surface area contributed by atoms with Crippen LogP contribution in [0.15, 0.2) is 0 Å². The quantitative estimate of drug-likeness (QED) is 0.449. The maximum Gasteiger partial charge on any atom is 0.236 e. The van der Waals surface area contributed by atoms with Crippen molar-refractivity contribution in [2.45, 2.75) is 82.1 Å². The van der Waals surface area contributed by atoms with Gasteiger partial charge in [-0.15, -0.1) is 0 Å². The molecule has 1 fully saturated rings. The van der Waals surface area contributed by atoms with E-state index in [-0.39, 0.29) is 22.9 Å². The van der Waals surface area contributed by atoms with Crippen molar-refractivity contribution in [3.05, 3.63) is 0 Å². The molecule has 3 nitrogen and oxygen atoms in total. The van der Waals surface area contributed by atoms with E-state index >= 15 is 0 Å². The molecule has 0 unspecified atom stereocenters. The molecule has 0 saturated carbocycles. The Balaban J connectivity index is 2.86. The Morgan fingerprint density at radius 3 is 1.74 bits per heavy atom. The van der Waals surface area contributed by atoms with Gasteiger partial charge >= 0.3 is 0 Å². The van der Waals surface area contributed by atoms with Gasteiger partial charge in [-0.25, -0.2) is 0 Å². The van der Waals surface area contributed by atoms with Crippen LogP contribution < -0.4 is 5.32 Å². The molecule has 0 aromatic carbocycles. The van der Waals surface area contributed by atoms with Crippen LogP contribution in [0, 0.1) is 0 Å². The first kappa shape index (κ1) is 17.2. The molecule has 3 atom stereocenters. The van der Waals surface area contributed by atoms with Crippen molar-refractivity contribution in [1.29, 1.82) is 0 Å². The predicted molar refractivity (Wildman–Crippen MR) is 86.2 cm³/mol. The molecule has 1 N–H and O–H groups in total. The summed E-state index contributed by atoms with van der Waals surface area (Å²) in [4.78, 5) is 11.2. The standard InChI is InChI=1S/C14H28BrNO2Si/c1-8(2)19(9(3)4,10(5)6)18-11(7)13-12(15)14(17)16-13/h8-13H,1-7H3,(H,16,17)/t11-,12+,13+/m0/s1. The van der Waals surface area contributed by atoms with Crippen LogP contribution in [0.1, 0.15) is 48.5 Å². The fourth-order valence-corrected chi connectivity index (χ4v) is 9.84. The van der Waals surface area contributed by atoms with Crippen LogP contribution >= 0.6 is 15.9 Å². The average Bonchev–Trinajstić information content (AvgIpc) is 2.30. The third-order valence-electron chi connectivity index (χ3n) is 4.48. The van der Waals surface area contributed by atoms with Crippen LogP contribution in [0.2, 0.25) is 16.6 Å². The minimum absolute atomic E-state index is 0.0703. The second-order valence-electron chi connectivity index (χ2n) is 6.58. The summed E-state index contributed by atoms with van der Waals surface area (Å²) in [6.45, 7) is 15.8. The number of hydrogen-bond acceptors (Lipinski definition) is 2. The number of carbonyl (C=O) groups excluding carboxylic acids is 1. The van der Waals surface area contributed by atoms with Gasteiger partial charge in [-0.2, -0.15) is 0 Å². The van der Waals surface area contributed by atoms with Crippen LogP contribution in [-0.2, 0) is 9.22 Å². The number of nitrogens with one attached hydrogen (secondary N) is 1. The molecule has 0 radical (unpaired) electrons. The van der Waals surface area contributed by atoms with Gasteiger partial charge in [0.2, 0.25) is 14.2 Å². The topological polar surface area (TPSA) is 38.3 Å². The van der Waals surface area contributed by atoms with E-state index in [2.05, 4.69) is 69.7 Å². The lowest BCUT2D eigenvalue weighted by Gasteiger charge is -2.47. The number of carbonyl (C=O) groups is 1. The molecule has 0 aliphatic carbocycles. The van der Waals surface area contributed by atoms with Gasteiger partial charge in [0.05, 0.1) is 12.1 Å². The molecule has 1 aliphatic rings. The van der Waals surface area contributed by atoms with Crippen LogP contribution in [0.5, 0.6) is 0 Å². The molecule has 0 aromatic rings. The van der Waals surface area contributed by atoms with Crippen LogP contribution in [0.4, 0.5) is 0 Å². The maximum absolute atomic E-state index is 11.3. The minimum atomic E-state index is -1.86. The average molecular weight is 350 g/mol. The summed E-state index contributed by atoms with van der Waals surface area (Å²) in [5, 5.41) is 2.94. The van der Waals surface area contributed by atoms with Crippen LogP contribution in [-0.4, -0.2) is 31.2 Å². The van der Waals surface area contributed by atoms with E-state index in [1.807, 2.05) is 0 Å². The number of amides is 1. The van der Waals surface area contributed by atoms with E-state index in [1.165, 1.54) is 0 Å². The lowest BCUT2D eigenvalue weighted by molar-refractivity contribution is -0.129. The molecular formula is C14H28BrNO2Si. The Morgan fingerprint density at radius 2 is 1.47 bits per heavy atom. The van der Waals surface area contributed by atoms with Gasteiger partial charge in [0.15, 0.2) is 0 Å². The number of halogens is 1. The second kappa shape index (κ2) is 6.27.